The number of nitrogens with two attached hydrogens (primary N) is 1. The molecule has 9 nitrogen and oxygen atoms in total. The fourth-order valence-corrected chi connectivity index (χ4v) is 3.43. The minimum Gasteiger partial charge on any atom is -0.358 e. The van der Waals surface area contributed by atoms with E-state index in [1.807, 2.05) is 37.0 Å². The first kappa shape index (κ1) is 16.0. The highest BCUT2D eigenvalue weighted by molar-refractivity contribution is 5.93. The first-order valence-electron chi connectivity index (χ1n) is 8.37. The zero-order valence-corrected chi connectivity index (χ0v) is 14.4. The van der Waals surface area contributed by atoms with Crippen LogP contribution in [-0.2, 0) is 4.79 Å². The number of likely N-dealkylation sites (tertiary alicyclic amines) is 1. The molecule has 1 amide bonds. The molecule has 0 radical (unpaired) electrons. The third-order valence-electron chi connectivity index (χ3n) is 4.94. The van der Waals surface area contributed by atoms with Crippen molar-refractivity contribution in [2.75, 3.05) is 20.1 Å². The second-order valence-corrected chi connectivity index (χ2v) is 6.60. The van der Waals surface area contributed by atoms with Gasteiger partial charge < -0.3 is 10.6 Å². The molecule has 1 saturated heterocycles. The predicted molar refractivity (Wildman–Crippen MR) is 93.2 cm³/mol. The maximum absolute atomic E-state index is 12.8. The van der Waals surface area contributed by atoms with Crippen LogP contribution in [0.4, 0.5) is 0 Å². The van der Waals surface area contributed by atoms with Crippen molar-refractivity contribution in [1.82, 2.24) is 24.7 Å². The second-order valence-electron chi connectivity index (χ2n) is 6.60. The summed E-state index contributed by atoms with van der Waals surface area (Å²) in [6.07, 6.45) is 7.50. The van der Waals surface area contributed by atoms with Gasteiger partial charge in [0, 0.05) is 44.6 Å². The molecular formula is C16H22N8O. The van der Waals surface area contributed by atoms with E-state index < -0.39 is 0 Å². The predicted octanol–water partition coefficient (Wildman–Crippen LogP) is 0.0216. The standard InChI is InChI=1S/C16H22N8O/c1-11-6-13(17)21(2)24(11)16(25)12-8-22(9-12)14-7-15(19-10-18-14)23-5-3-4-20-23/h3-6,10,12-13,15H,7-9,17H2,1-2H3. The molecule has 0 aliphatic carbocycles. The summed E-state index contributed by atoms with van der Waals surface area (Å²) in [7, 11) is 1.84. The zero-order chi connectivity index (χ0) is 17.6. The molecule has 3 aliphatic rings. The molecule has 25 heavy (non-hydrogen) atoms. The van der Waals surface area contributed by atoms with E-state index in [0.29, 0.717) is 19.5 Å². The molecule has 0 spiro atoms. The van der Waals surface area contributed by atoms with Gasteiger partial charge in [-0.1, -0.05) is 0 Å². The molecule has 4 heterocycles. The first-order valence-corrected chi connectivity index (χ1v) is 8.37. The van der Waals surface area contributed by atoms with Crippen LogP contribution in [0.15, 0.2) is 40.2 Å². The molecule has 0 bridgehead atoms. The summed E-state index contributed by atoms with van der Waals surface area (Å²) in [6.45, 7) is 3.25. The van der Waals surface area contributed by atoms with Crippen molar-refractivity contribution in [3.63, 3.8) is 0 Å². The number of allylic oxidation sites excluding steroid dienone is 1. The SMILES string of the molecule is CC1=CC(N)N(C)N1C(=O)C1CN(C2=NC=NC(n3cccn3)C2)C1. The van der Waals surface area contributed by atoms with E-state index in [2.05, 4.69) is 20.0 Å². The van der Waals surface area contributed by atoms with E-state index >= 15 is 0 Å². The summed E-state index contributed by atoms with van der Waals surface area (Å²) in [5, 5.41) is 7.70. The van der Waals surface area contributed by atoms with E-state index in [0.717, 1.165) is 11.5 Å². The van der Waals surface area contributed by atoms with Gasteiger partial charge in [-0.25, -0.2) is 19.7 Å². The maximum Gasteiger partial charge on any atom is 0.247 e. The number of aromatic nitrogens is 2. The molecule has 9 heteroatoms. The number of amidine groups is 1. The summed E-state index contributed by atoms with van der Waals surface area (Å²) in [4.78, 5) is 23.6. The van der Waals surface area contributed by atoms with Crippen LogP contribution in [0.25, 0.3) is 0 Å². The topological polar surface area (TPSA) is 95.4 Å². The number of carbonyl (C=O) groups excluding carboxylic acids is 1. The Labute approximate surface area is 146 Å². The van der Waals surface area contributed by atoms with Gasteiger partial charge in [0.25, 0.3) is 0 Å². The quantitative estimate of drug-likeness (QED) is 0.818. The number of hydrogen-bond donors (Lipinski definition) is 1. The molecule has 0 saturated carbocycles. The Morgan fingerprint density at radius 2 is 2.16 bits per heavy atom. The lowest BCUT2D eigenvalue weighted by Gasteiger charge is -2.43. The van der Waals surface area contributed by atoms with Crippen molar-refractivity contribution in [1.29, 1.82) is 0 Å². The van der Waals surface area contributed by atoms with Gasteiger partial charge in [-0.05, 0) is 19.1 Å². The van der Waals surface area contributed by atoms with Crippen LogP contribution in [0.5, 0.6) is 0 Å². The summed E-state index contributed by atoms with van der Waals surface area (Å²) in [5.41, 5.74) is 6.85. The molecule has 2 N–H and O–H groups in total. The average Bonchev–Trinajstić information content (AvgIpc) is 3.15. The first-order chi connectivity index (χ1) is 12.0. The van der Waals surface area contributed by atoms with E-state index in [1.54, 1.807) is 22.6 Å². The Morgan fingerprint density at radius 3 is 2.80 bits per heavy atom. The lowest BCUT2D eigenvalue weighted by molar-refractivity contribution is -0.150. The minimum atomic E-state index is -0.242. The molecule has 132 valence electrons. The minimum absolute atomic E-state index is 0.0409. The van der Waals surface area contributed by atoms with Crippen LogP contribution in [0, 0.1) is 5.92 Å². The van der Waals surface area contributed by atoms with E-state index in [1.165, 1.54) is 0 Å². The van der Waals surface area contributed by atoms with Gasteiger partial charge in [0.1, 0.15) is 18.3 Å². The highest BCUT2D eigenvalue weighted by Crippen LogP contribution is 2.28. The molecule has 1 aromatic heterocycles. The number of nitrogens with zero attached hydrogens (tertiary/aromatic N) is 7. The van der Waals surface area contributed by atoms with Crippen molar-refractivity contribution in [2.24, 2.45) is 21.6 Å². The van der Waals surface area contributed by atoms with Gasteiger partial charge in [-0.15, -0.1) is 0 Å². The highest BCUT2D eigenvalue weighted by atomic mass is 16.2. The van der Waals surface area contributed by atoms with Crippen LogP contribution in [0.3, 0.4) is 0 Å². The summed E-state index contributed by atoms with van der Waals surface area (Å²) in [5.74, 6) is 1.01. The average molecular weight is 342 g/mol. The van der Waals surface area contributed by atoms with Crippen molar-refractivity contribution in [2.45, 2.75) is 25.7 Å². The normalized spacial score (nSPS) is 27.3. The lowest BCUT2D eigenvalue weighted by Crippen LogP contribution is -2.58. The number of rotatable bonds is 2. The number of hydrogen-bond acceptors (Lipinski definition) is 7. The number of aliphatic imine (C=N–C) groups is 2. The number of hydrazine groups is 1. The molecule has 1 fully saturated rings. The van der Waals surface area contributed by atoms with Crippen LogP contribution in [0.1, 0.15) is 19.5 Å². The molecule has 3 aliphatic heterocycles. The third kappa shape index (κ3) is 2.75. The van der Waals surface area contributed by atoms with Crippen molar-refractivity contribution in [3.8, 4) is 0 Å². The van der Waals surface area contributed by atoms with Crippen LogP contribution >= 0.6 is 0 Å². The fourth-order valence-electron chi connectivity index (χ4n) is 3.43. The van der Waals surface area contributed by atoms with Crippen LogP contribution < -0.4 is 5.73 Å². The van der Waals surface area contributed by atoms with E-state index in [4.69, 9.17) is 5.73 Å². The van der Waals surface area contributed by atoms with Crippen molar-refractivity contribution < 1.29 is 4.79 Å². The summed E-state index contributed by atoms with van der Waals surface area (Å²) in [6, 6.07) is 1.88. The van der Waals surface area contributed by atoms with Crippen molar-refractivity contribution >= 4 is 18.1 Å². The summed E-state index contributed by atoms with van der Waals surface area (Å²) < 4.78 is 1.82. The number of likely N-dealkylation sites (N-methyl/N-ethyl adjacent to an activating group) is 1. The number of amides is 1. The largest absolute Gasteiger partial charge is 0.358 e. The Balaban J connectivity index is 1.36. The highest BCUT2D eigenvalue weighted by Gasteiger charge is 2.41. The molecule has 0 aromatic carbocycles. The Bertz CT molecular complexity index is 746. The van der Waals surface area contributed by atoms with Crippen molar-refractivity contribution in [3.05, 3.63) is 30.2 Å². The second kappa shape index (κ2) is 6.08. The van der Waals surface area contributed by atoms with E-state index in [9.17, 15) is 4.79 Å². The molecule has 1 aromatic rings. The Hall–Kier alpha value is -2.52. The zero-order valence-electron chi connectivity index (χ0n) is 14.4. The monoisotopic (exact) mass is 342 g/mol. The van der Waals surface area contributed by atoms with Gasteiger partial charge in [0.15, 0.2) is 0 Å². The smallest absolute Gasteiger partial charge is 0.247 e. The van der Waals surface area contributed by atoms with Crippen LogP contribution in [0.2, 0.25) is 0 Å². The van der Waals surface area contributed by atoms with Gasteiger partial charge in [0.05, 0.1) is 12.1 Å². The Morgan fingerprint density at radius 1 is 1.36 bits per heavy atom. The number of carbonyl (C=O) groups is 1. The Kier molecular flexibility index (Phi) is 3.89. The van der Waals surface area contributed by atoms with Gasteiger partial charge in [-0.3, -0.25) is 4.79 Å². The van der Waals surface area contributed by atoms with E-state index in [-0.39, 0.29) is 24.2 Å². The third-order valence-corrected chi connectivity index (χ3v) is 4.94. The molecule has 4 rings (SSSR count). The van der Waals surface area contributed by atoms with Gasteiger partial charge >= 0.3 is 0 Å². The maximum atomic E-state index is 12.8. The summed E-state index contributed by atoms with van der Waals surface area (Å²) >= 11 is 0. The lowest BCUT2D eigenvalue weighted by atomic mass is 9.97. The van der Waals surface area contributed by atoms with Gasteiger partial charge in [0.2, 0.25) is 5.91 Å². The van der Waals surface area contributed by atoms with Gasteiger partial charge in [-0.2, -0.15) is 10.1 Å². The van der Waals surface area contributed by atoms with Crippen LogP contribution in [-0.4, -0.2) is 69.1 Å². The molecule has 2 unspecified atom stereocenters. The molecular weight excluding hydrogens is 320 g/mol. The molecule has 2 atom stereocenters. The fraction of sp³-hybridized carbons (Fsp3) is 0.500.